The fourth-order valence-electron chi connectivity index (χ4n) is 2.56. The van der Waals surface area contributed by atoms with Crippen molar-refractivity contribution in [2.45, 2.75) is 39.2 Å². The van der Waals surface area contributed by atoms with Gasteiger partial charge in [-0.2, -0.15) is 4.98 Å². The Morgan fingerprint density at radius 1 is 1.35 bits per heavy atom. The van der Waals surface area contributed by atoms with Gasteiger partial charge in [0.1, 0.15) is 11.9 Å². The molecule has 1 aromatic rings. The van der Waals surface area contributed by atoms with E-state index in [0.29, 0.717) is 23.5 Å². The van der Waals surface area contributed by atoms with Crippen LogP contribution < -0.4 is 10.1 Å². The fourth-order valence-corrected chi connectivity index (χ4v) is 2.56. The first kappa shape index (κ1) is 14.6. The lowest BCUT2D eigenvalue weighted by Crippen LogP contribution is -2.29. The molecule has 3 atom stereocenters. The fraction of sp³-hybridized carbons (Fsp3) is 0.643. The summed E-state index contributed by atoms with van der Waals surface area (Å²) < 4.78 is 5.85. The lowest BCUT2D eigenvalue weighted by molar-refractivity contribution is -0.384. The zero-order chi connectivity index (χ0) is 14.7. The molecule has 6 heteroatoms. The van der Waals surface area contributed by atoms with E-state index in [2.05, 4.69) is 24.1 Å². The summed E-state index contributed by atoms with van der Waals surface area (Å²) in [7, 11) is 1.68. The maximum Gasteiger partial charge on any atom is 0.278 e. The van der Waals surface area contributed by atoms with E-state index in [1.54, 1.807) is 7.05 Å². The molecule has 0 aromatic carbocycles. The molecule has 0 saturated heterocycles. The van der Waals surface area contributed by atoms with E-state index in [-0.39, 0.29) is 11.8 Å². The van der Waals surface area contributed by atoms with Crippen LogP contribution >= 0.6 is 0 Å². The van der Waals surface area contributed by atoms with E-state index in [0.717, 1.165) is 19.3 Å². The van der Waals surface area contributed by atoms with Gasteiger partial charge in [0, 0.05) is 7.05 Å². The number of ether oxygens (including phenoxy) is 1. The second kappa shape index (κ2) is 6.07. The first-order valence-electron chi connectivity index (χ1n) is 7.00. The molecule has 1 aliphatic rings. The van der Waals surface area contributed by atoms with E-state index in [4.69, 9.17) is 4.74 Å². The van der Waals surface area contributed by atoms with Crippen molar-refractivity contribution in [2.75, 3.05) is 12.4 Å². The molecule has 1 heterocycles. The smallest absolute Gasteiger partial charge is 0.278 e. The van der Waals surface area contributed by atoms with Gasteiger partial charge in [-0.25, -0.2) is 0 Å². The number of rotatable bonds is 4. The van der Waals surface area contributed by atoms with Crippen molar-refractivity contribution in [2.24, 2.45) is 11.8 Å². The first-order chi connectivity index (χ1) is 9.49. The lowest BCUT2D eigenvalue weighted by atomic mass is 9.80. The Bertz CT molecular complexity index is 493. The van der Waals surface area contributed by atoms with Crippen LogP contribution in [0, 0.1) is 22.0 Å². The van der Waals surface area contributed by atoms with Crippen LogP contribution in [0.1, 0.15) is 33.1 Å². The zero-order valence-corrected chi connectivity index (χ0v) is 12.1. The molecule has 3 unspecified atom stereocenters. The molecular formula is C14H21N3O3. The molecule has 0 spiro atoms. The van der Waals surface area contributed by atoms with Gasteiger partial charge in [0.05, 0.1) is 17.1 Å². The monoisotopic (exact) mass is 279 g/mol. The summed E-state index contributed by atoms with van der Waals surface area (Å²) in [6.07, 6.45) is 3.17. The minimum Gasteiger partial charge on any atom is -0.474 e. The number of pyridine rings is 1. The third kappa shape index (κ3) is 3.37. The van der Waals surface area contributed by atoms with Crippen LogP contribution in [0.15, 0.2) is 12.1 Å². The number of hydrogen-bond donors (Lipinski definition) is 1. The Morgan fingerprint density at radius 2 is 2.10 bits per heavy atom. The van der Waals surface area contributed by atoms with Crippen LogP contribution in [0.4, 0.5) is 11.5 Å². The summed E-state index contributed by atoms with van der Waals surface area (Å²) in [5.74, 6) is 2.10. The SMILES string of the molecule is CNc1cc([N+](=O)[O-])cc(OC2CCC(C)C(C)C2)n1. The largest absolute Gasteiger partial charge is 0.474 e. The Balaban J connectivity index is 2.12. The van der Waals surface area contributed by atoms with Crippen molar-refractivity contribution in [1.82, 2.24) is 4.98 Å². The highest BCUT2D eigenvalue weighted by molar-refractivity contribution is 5.47. The Kier molecular flexibility index (Phi) is 4.42. The third-order valence-corrected chi connectivity index (χ3v) is 4.09. The molecule has 0 amide bonds. The Hall–Kier alpha value is -1.85. The van der Waals surface area contributed by atoms with Gasteiger partial charge in [0.15, 0.2) is 0 Å². The minimum absolute atomic E-state index is 0.00317. The number of anilines is 1. The molecule has 1 aliphatic carbocycles. The van der Waals surface area contributed by atoms with Crippen LogP contribution in [0.5, 0.6) is 5.88 Å². The van der Waals surface area contributed by atoms with Crippen molar-refractivity contribution in [3.63, 3.8) is 0 Å². The predicted molar refractivity (Wildman–Crippen MR) is 77.0 cm³/mol. The lowest BCUT2D eigenvalue weighted by Gasteiger charge is -2.31. The van der Waals surface area contributed by atoms with Crippen LogP contribution in [-0.2, 0) is 0 Å². The van der Waals surface area contributed by atoms with Crippen molar-refractivity contribution in [3.05, 3.63) is 22.2 Å². The van der Waals surface area contributed by atoms with Crippen molar-refractivity contribution >= 4 is 11.5 Å². The predicted octanol–water partition coefficient (Wildman–Crippen LogP) is 3.24. The molecule has 1 saturated carbocycles. The van der Waals surface area contributed by atoms with Gasteiger partial charge in [-0.05, 0) is 31.1 Å². The van der Waals surface area contributed by atoms with E-state index in [1.807, 2.05) is 0 Å². The van der Waals surface area contributed by atoms with Gasteiger partial charge < -0.3 is 10.1 Å². The summed E-state index contributed by atoms with van der Waals surface area (Å²) in [4.78, 5) is 14.7. The van der Waals surface area contributed by atoms with E-state index >= 15 is 0 Å². The second-order valence-electron chi connectivity index (χ2n) is 5.56. The van der Waals surface area contributed by atoms with Crippen molar-refractivity contribution in [1.29, 1.82) is 0 Å². The molecule has 1 N–H and O–H groups in total. The maximum atomic E-state index is 10.9. The number of nitro groups is 1. The number of aromatic nitrogens is 1. The quantitative estimate of drug-likeness (QED) is 0.676. The molecule has 6 nitrogen and oxygen atoms in total. The minimum atomic E-state index is -0.430. The highest BCUT2D eigenvalue weighted by atomic mass is 16.6. The zero-order valence-electron chi connectivity index (χ0n) is 12.1. The van der Waals surface area contributed by atoms with E-state index < -0.39 is 4.92 Å². The van der Waals surface area contributed by atoms with Gasteiger partial charge in [-0.15, -0.1) is 0 Å². The topological polar surface area (TPSA) is 77.3 Å². The second-order valence-corrected chi connectivity index (χ2v) is 5.56. The van der Waals surface area contributed by atoms with E-state index in [9.17, 15) is 10.1 Å². The van der Waals surface area contributed by atoms with Crippen molar-refractivity contribution in [3.8, 4) is 5.88 Å². The van der Waals surface area contributed by atoms with Gasteiger partial charge in [0.25, 0.3) is 5.69 Å². The van der Waals surface area contributed by atoms with Gasteiger partial charge in [-0.3, -0.25) is 10.1 Å². The van der Waals surface area contributed by atoms with Crippen LogP contribution in [0.3, 0.4) is 0 Å². The normalized spacial score (nSPS) is 26.1. The molecule has 1 fully saturated rings. The van der Waals surface area contributed by atoms with Crippen LogP contribution in [-0.4, -0.2) is 23.1 Å². The highest BCUT2D eigenvalue weighted by Crippen LogP contribution is 2.32. The summed E-state index contributed by atoms with van der Waals surface area (Å²) >= 11 is 0. The first-order valence-corrected chi connectivity index (χ1v) is 7.00. The van der Waals surface area contributed by atoms with Gasteiger partial charge >= 0.3 is 0 Å². The molecule has 0 bridgehead atoms. The molecular weight excluding hydrogens is 258 g/mol. The number of nitrogens with one attached hydrogen (secondary N) is 1. The Labute approximate surface area is 118 Å². The standard InChI is InChI=1S/C14H21N3O3/c1-9-4-5-12(6-10(9)2)20-14-8-11(17(18)19)7-13(15-3)16-14/h7-10,12H,4-6H2,1-3H3,(H,15,16). The molecule has 0 aliphatic heterocycles. The Morgan fingerprint density at radius 3 is 2.70 bits per heavy atom. The summed E-state index contributed by atoms with van der Waals surface area (Å²) in [5, 5.41) is 13.7. The summed E-state index contributed by atoms with van der Waals surface area (Å²) in [6.45, 7) is 4.48. The molecule has 20 heavy (non-hydrogen) atoms. The molecule has 0 radical (unpaired) electrons. The van der Waals surface area contributed by atoms with Gasteiger partial charge in [0.2, 0.25) is 5.88 Å². The maximum absolute atomic E-state index is 10.9. The summed E-state index contributed by atoms with van der Waals surface area (Å²) in [6, 6.07) is 2.79. The van der Waals surface area contributed by atoms with Crippen LogP contribution in [0.2, 0.25) is 0 Å². The van der Waals surface area contributed by atoms with Crippen molar-refractivity contribution < 1.29 is 9.66 Å². The molecule has 2 rings (SSSR count). The number of nitrogens with zero attached hydrogens (tertiary/aromatic N) is 2. The molecule has 110 valence electrons. The van der Waals surface area contributed by atoms with Crippen LogP contribution in [0.25, 0.3) is 0 Å². The highest BCUT2D eigenvalue weighted by Gasteiger charge is 2.26. The average molecular weight is 279 g/mol. The summed E-state index contributed by atoms with van der Waals surface area (Å²) in [5.41, 5.74) is -0.00317. The van der Waals surface area contributed by atoms with E-state index in [1.165, 1.54) is 12.1 Å². The number of hydrogen-bond acceptors (Lipinski definition) is 5. The molecule has 1 aromatic heterocycles. The third-order valence-electron chi connectivity index (χ3n) is 4.09. The van der Waals surface area contributed by atoms with Gasteiger partial charge in [-0.1, -0.05) is 13.8 Å². The average Bonchev–Trinajstić information content (AvgIpc) is 2.42.